The zero-order chi connectivity index (χ0) is 12.6. The molecule has 0 aromatic rings. The molecule has 96 valence electrons. The van der Waals surface area contributed by atoms with Crippen molar-refractivity contribution < 1.29 is 14.6 Å². The minimum atomic E-state index is -0.412. The fourth-order valence-electron chi connectivity index (χ4n) is 1.04. The van der Waals surface area contributed by atoms with Gasteiger partial charge < -0.3 is 15.2 Å². The number of carbonyl (C=O) groups excluding carboxylic acids is 1. The van der Waals surface area contributed by atoms with E-state index in [0.29, 0.717) is 19.1 Å². The number of amides is 1. The molecular formula is C12H25NO3. The lowest BCUT2D eigenvalue weighted by Gasteiger charge is -2.15. The van der Waals surface area contributed by atoms with Crippen LogP contribution in [0, 0.1) is 11.8 Å². The van der Waals surface area contributed by atoms with Crippen molar-refractivity contribution in [3.05, 3.63) is 0 Å². The summed E-state index contributed by atoms with van der Waals surface area (Å²) in [5.74, 6) is 0.570. The quantitative estimate of drug-likeness (QED) is 0.659. The Labute approximate surface area is 98.4 Å². The molecule has 0 spiro atoms. The molecule has 4 nitrogen and oxygen atoms in total. The number of hydrogen-bond acceptors (Lipinski definition) is 3. The second kappa shape index (κ2) is 8.53. The van der Waals surface area contributed by atoms with Crippen LogP contribution in [-0.4, -0.2) is 36.9 Å². The average Bonchev–Trinajstić information content (AvgIpc) is 2.24. The van der Waals surface area contributed by atoms with Crippen LogP contribution in [0.25, 0.3) is 0 Å². The van der Waals surface area contributed by atoms with Gasteiger partial charge in [0, 0.05) is 19.8 Å². The summed E-state index contributed by atoms with van der Waals surface area (Å²) in [5.41, 5.74) is 0. The van der Waals surface area contributed by atoms with Gasteiger partial charge in [0.1, 0.15) is 6.10 Å². The topological polar surface area (TPSA) is 58.6 Å². The maximum Gasteiger partial charge on any atom is 0.248 e. The minimum Gasteiger partial charge on any atom is -0.396 e. The Bertz CT molecular complexity index is 195. The van der Waals surface area contributed by atoms with Crippen molar-refractivity contribution in [2.45, 2.75) is 40.2 Å². The summed E-state index contributed by atoms with van der Waals surface area (Å²) in [6, 6.07) is 0. The highest BCUT2D eigenvalue weighted by Crippen LogP contribution is 2.01. The first-order chi connectivity index (χ1) is 7.47. The zero-order valence-electron chi connectivity index (χ0n) is 10.8. The zero-order valence-corrected chi connectivity index (χ0v) is 10.8. The third-order valence-corrected chi connectivity index (χ3v) is 2.37. The fraction of sp³-hybridized carbons (Fsp3) is 0.917. The SMILES string of the molecule is CC(C)CCOC(C)C(=O)NCC(C)CO. The smallest absolute Gasteiger partial charge is 0.248 e. The van der Waals surface area contributed by atoms with E-state index in [4.69, 9.17) is 9.84 Å². The average molecular weight is 231 g/mol. The van der Waals surface area contributed by atoms with Crippen LogP contribution in [0.4, 0.5) is 0 Å². The predicted molar refractivity (Wildman–Crippen MR) is 64.1 cm³/mol. The van der Waals surface area contributed by atoms with Crippen molar-refractivity contribution in [1.29, 1.82) is 0 Å². The van der Waals surface area contributed by atoms with E-state index >= 15 is 0 Å². The molecular weight excluding hydrogens is 206 g/mol. The van der Waals surface area contributed by atoms with E-state index < -0.39 is 6.10 Å². The molecule has 0 aliphatic rings. The molecule has 2 N–H and O–H groups in total. The molecule has 2 atom stereocenters. The second-order valence-corrected chi connectivity index (χ2v) is 4.73. The number of aliphatic hydroxyl groups excluding tert-OH is 1. The fourth-order valence-corrected chi connectivity index (χ4v) is 1.04. The summed E-state index contributed by atoms with van der Waals surface area (Å²) in [6.45, 7) is 9.07. The number of nitrogens with one attached hydrogen (secondary N) is 1. The minimum absolute atomic E-state index is 0.0862. The monoisotopic (exact) mass is 231 g/mol. The van der Waals surface area contributed by atoms with E-state index in [2.05, 4.69) is 19.2 Å². The lowest BCUT2D eigenvalue weighted by Crippen LogP contribution is -2.37. The second-order valence-electron chi connectivity index (χ2n) is 4.73. The number of rotatable bonds is 8. The normalized spacial score (nSPS) is 14.9. The van der Waals surface area contributed by atoms with Crippen LogP contribution in [0.5, 0.6) is 0 Å². The molecule has 0 aromatic heterocycles. The Balaban J connectivity index is 3.65. The van der Waals surface area contributed by atoms with Gasteiger partial charge in [-0.3, -0.25) is 4.79 Å². The maximum atomic E-state index is 11.5. The van der Waals surface area contributed by atoms with E-state index in [9.17, 15) is 4.79 Å². The molecule has 16 heavy (non-hydrogen) atoms. The molecule has 0 aliphatic carbocycles. The molecule has 0 bridgehead atoms. The largest absolute Gasteiger partial charge is 0.396 e. The van der Waals surface area contributed by atoms with Gasteiger partial charge >= 0.3 is 0 Å². The van der Waals surface area contributed by atoms with Gasteiger partial charge in [-0.1, -0.05) is 20.8 Å². The summed E-state index contributed by atoms with van der Waals surface area (Å²) in [5, 5.41) is 11.6. The van der Waals surface area contributed by atoms with Crippen LogP contribution in [0.15, 0.2) is 0 Å². The van der Waals surface area contributed by atoms with Gasteiger partial charge in [-0.15, -0.1) is 0 Å². The number of hydrogen-bond donors (Lipinski definition) is 2. The molecule has 0 saturated carbocycles. The Morgan fingerprint density at radius 1 is 1.31 bits per heavy atom. The van der Waals surface area contributed by atoms with Crippen molar-refractivity contribution in [1.82, 2.24) is 5.32 Å². The van der Waals surface area contributed by atoms with Crippen molar-refractivity contribution in [3.8, 4) is 0 Å². The number of aliphatic hydroxyl groups is 1. The van der Waals surface area contributed by atoms with Crippen LogP contribution in [0.3, 0.4) is 0 Å². The first-order valence-corrected chi connectivity index (χ1v) is 5.97. The van der Waals surface area contributed by atoms with E-state index in [0.717, 1.165) is 6.42 Å². The van der Waals surface area contributed by atoms with Crippen LogP contribution >= 0.6 is 0 Å². The Hall–Kier alpha value is -0.610. The maximum absolute atomic E-state index is 11.5. The molecule has 2 unspecified atom stereocenters. The molecule has 0 aliphatic heterocycles. The first kappa shape index (κ1) is 15.4. The third-order valence-electron chi connectivity index (χ3n) is 2.37. The highest BCUT2D eigenvalue weighted by atomic mass is 16.5. The lowest BCUT2D eigenvalue weighted by molar-refractivity contribution is -0.132. The van der Waals surface area contributed by atoms with Gasteiger partial charge in [0.05, 0.1) is 0 Å². The number of carbonyl (C=O) groups is 1. The molecule has 0 radical (unpaired) electrons. The van der Waals surface area contributed by atoms with Crippen molar-refractivity contribution in [2.75, 3.05) is 19.8 Å². The van der Waals surface area contributed by atoms with E-state index in [-0.39, 0.29) is 18.4 Å². The predicted octanol–water partition coefficient (Wildman–Crippen LogP) is 1.18. The van der Waals surface area contributed by atoms with Gasteiger partial charge in [0.25, 0.3) is 0 Å². The Morgan fingerprint density at radius 3 is 2.44 bits per heavy atom. The van der Waals surface area contributed by atoms with Crippen molar-refractivity contribution >= 4 is 5.91 Å². The highest BCUT2D eigenvalue weighted by Gasteiger charge is 2.13. The Kier molecular flexibility index (Phi) is 8.21. The van der Waals surface area contributed by atoms with Gasteiger partial charge in [0.2, 0.25) is 5.91 Å². The molecule has 0 saturated heterocycles. The molecule has 0 aromatic carbocycles. The van der Waals surface area contributed by atoms with Gasteiger partial charge in [-0.25, -0.2) is 0 Å². The standard InChI is InChI=1S/C12H25NO3/c1-9(2)5-6-16-11(4)12(15)13-7-10(3)8-14/h9-11,14H,5-8H2,1-4H3,(H,13,15). The van der Waals surface area contributed by atoms with Crippen LogP contribution in [0.2, 0.25) is 0 Å². The molecule has 0 heterocycles. The van der Waals surface area contributed by atoms with Crippen molar-refractivity contribution in [2.24, 2.45) is 11.8 Å². The van der Waals surface area contributed by atoms with Crippen molar-refractivity contribution in [3.63, 3.8) is 0 Å². The molecule has 4 heteroatoms. The summed E-state index contributed by atoms with van der Waals surface area (Å²) >= 11 is 0. The molecule has 1 amide bonds. The van der Waals surface area contributed by atoms with Crippen LogP contribution in [-0.2, 0) is 9.53 Å². The molecule has 0 fully saturated rings. The van der Waals surface area contributed by atoms with Crippen LogP contribution in [0.1, 0.15) is 34.1 Å². The van der Waals surface area contributed by atoms with Crippen LogP contribution < -0.4 is 5.32 Å². The van der Waals surface area contributed by atoms with Gasteiger partial charge in [-0.2, -0.15) is 0 Å². The number of ether oxygens (including phenoxy) is 1. The molecule has 0 rings (SSSR count). The van der Waals surface area contributed by atoms with Gasteiger partial charge in [-0.05, 0) is 25.2 Å². The first-order valence-electron chi connectivity index (χ1n) is 5.97. The van der Waals surface area contributed by atoms with Gasteiger partial charge in [0.15, 0.2) is 0 Å². The van der Waals surface area contributed by atoms with E-state index in [1.54, 1.807) is 6.92 Å². The van der Waals surface area contributed by atoms with E-state index in [1.165, 1.54) is 0 Å². The van der Waals surface area contributed by atoms with E-state index in [1.807, 2.05) is 6.92 Å². The summed E-state index contributed by atoms with van der Waals surface area (Å²) in [7, 11) is 0. The summed E-state index contributed by atoms with van der Waals surface area (Å²) in [6.07, 6.45) is 0.551. The summed E-state index contributed by atoms with van der Waals surface area (Å²) < 4.78 is 5.41. The lowest BCUT2D eigenvalue weighted by atomic mass is 10.1. The summed E-state index contributed by atoms with van der Waals surface area (Å²) in [4.78, 5) is 11.5. The Morgan fingerprint density at radius 2 is 1.94 bits per heavy atom. The third kappa shape index (κ3) is 7.65. The highest BCUT2D eigenvalue weighted by molar-refractivity contribution is 5.80.